The molecule has 0 aliphatic carbocycles. The van der Waals surface area contributed by atoms with Crippen molar-refractivity contribution in [3.05, 3.63) is 69.8 Å². The Bertz CT molecular complexity index is 901. The van der Waals surface area contributed by atoms with Gasteiger partial charge in [0.15, 0.2) is 0 Å². The minimum Gasteiger partial charge on any atom is -0.494 e. The van der Waals surface area contributed by atoms with Gasteiger partial charge < -0.3 is 15.0 Å². The largest absolute Gasteiger partial charge is 0.494 e. The third-order valence-electron chi connectivity index (χ3n) is 4.96. The lowest BCUT2D eigenvalue weighted by atomic mass is 10.1. The highest BCUT2D eigenvalue weighted by atomic mass is 79.9. The Morgan fingerprint density at radius 1 is 1.07 bits per heavy atom. The molecule has 2 aromatic rings. The predicted molar refractivity (Wildman–Crippen MR) is 122 cm³/mol. The van der Waals surface area contributed by atoms with Gasteiger partial charge >= 0.3 is 0 Å². The molecule has 5 nitrogen and oxygen atoms in total. The van der Waals surface area contributed by atoms with Gasteiger partial charge in [0, 0.05) is 23.1 Å². The van der Waals surface area contributed by atoms with E-state index >= 15 is 0 Å². The Morgan fingerprint density at radius 3 is 2.40 bits per heavy atom. The normalized spacial score (nSPS) is 14.7. The van der Waals surface area contributed by atoms with Gasteiger partial charge in [-0.2, -0.15) is 0 Å². The highest BCUT2D eigenvalue weighted by Gasteiger charge is 2.22. The van der Waals surface area contributed by atoms with Gasteiger partial charge in [0.2, 0.25) is 0 Å². The zero-order valence-electron chi connectivity index (χ0n) is 17.2. The number of hydrogen-bond acceptors (Lipinski definition) is 3. The van der Waals surface area contributed by atoms with E-state index in [2.05, 4.69) is 21.2 Å². The Hall–Kier alpha value is -2.60. The number of ether oxygens (including phenoxy) is 1. The number of carbonyl (C=O) groups is 2. The number of rotatable bonds is 6. The molecule has 0 atom stereocenters. The summed E-state index contributed by atoms with van der Waals surface area (Å²) in [4.78, 5) is 27.9. The van der Waals surface area contributed by atoms with Crippen molar-refractivity contribution < 1.29 is 14.3 Å². The molecule has 2 aromatic carbocycles. The summed E-state index contributed by atoms with van der Waals surface area (Å²) in [6, 6.07) is 14.6. The van der Waals surface area contributed by atoms with E-state index in [4.69, 9.17) is 4.74 Å². The van der Waals surface area contributed by atoms with E-state index in [0.29, 0.717) is 25.3 Å². The van der Waals surface area contributed by atoms with E-state index in [1.165, 1.54) is 0 Å². The number of amides is 2. The van der Waals surface area contributed by atoms with Crippen molar-refractivity contribution in [1.82, 2.24) is 10.2 Å². The molecule has 1 aliphatic heterocycles. The van der Waals surface area contributed by atoms with Crippen LogP contribution in [0.3, 0.4) is 0 Å². The van der Waals surface area contributed by atoms with E-state index in [1.807, 2.05) is 42.2 Å². The average molecular weight is 471 g/mol. The Balaban J connectivity index is 1.86. The van der Waals surface area contributed by atoms with Crippen LogP contribution in [0.5, 0.6) is 5.75 Å². The lowest BCUT2D eigenvalue weighted by Gasteiger charge is -2.22. The van der Waals surface area contributed by atoms with Crippen LogP contribution in [0.25, 0.3) is 6.08 Å². The number of likely N-dealkylation sites (tertiary alicyclic amines) is 1. The van der Waals surface area contributed by atoms with Crippen LogP contribution in [0.2, 0.25) is 0 Å². The molecule has 0 unspecified atom stereocenters. The van der Waals surface area contributed by atoms with Crippen LogP contribution in [-0.4, -0.2) is 36.4 Å². The average Bonchev–Trinajstić information content (AvgIpc) is 3.04. The molecule has 1 aliphatic rings. The van der Waals surface area contributed by atoms with Crippen molar-refractivity contribution in [3.63, 3.8) is 0 Å². The van der Waals surface area contributed by atoms with Gasteiger partial charge in [-0.3, -0.25) is 9.59 Å². The van der Waals surface area contributed by atoms with Crippen molar-refractivity contribution in [2.24, 2.45) is 0 Å². The topological polar surface area (TPSA) is 58.6 Å². The van der Waals surface area contributed by atoms with E-state index in [-0.39, 0.29) is 17.5 Å². The van der Waals surface area contributed by atoms with Gasteiger partial charge in [-0.05, 0) is 61.7 Å². The Kier molecular flexibility index (Phi) is 8.08. The second-order valence-corrected chi connectivity index (χ2v) is 8.15. The van der Waals surface area contributed by atoms with Crippen LogP contribution >= 0.6 is 15.9 Å². The number of benzene rings is 2. The number of nitrogens with one attached hydrogen (secondary N) is 1. The molecule has 2 amide bonds. The Morgan fingerprint density at radius 2 is 1.77 bits per heavy atom. The Labute approximate surface area is 186 Å². The van der Waals surface area contributed by atoms with Gasteiger partial charge in [-0.25, -0.2) is 0 Å². The molecule has 0 aromatic heterocycles. The first-order chi connectivity index (χ1) is 14.6. The van der Waals surface area contributed by atoms with Gasteiger partial charge in [-0.1, -0.05) is 47.0 Å². The second kappa shape index (κ2) is 11.0. The van der Waals surface area contributed by atoms with Crippen molar-refractivity contribution >= 4 is 33.8 Å². The summed E-state index contributed by atoms with van der Waals surface area (Å²) >= 11 is 3.39. The number of halogens is 1. The van der Waals surface area contributed by atoms with Crippen LogP contribution in [0.1, 0.15) is 48.5 Å². The second-order valence-electron chi connectivity index (χ2n) is 7.23. The summed E-state index contributed by atoms with van der Waals surface area (Å²) in [5.74, 6) is 0.319. The van der Waals surface area contributed by atoms with Gasteiger partial charge in [0.05, 0.1) is 6.61 Å². The lowest BCUT2D eigenvalue weighted by Crippen LogP contribution is -2.39. The molecule has 1 saturated heterocycles. The smallest absolute Gasteiger partial charge is 0.270 e. The maximum absolute atomic E-state index is 13.3. The van der Waals surface area contributed by atoms with E-state index in [1.54, 1.807) is 24.3 Å². The zero-order valence-corrected chi connectivity index (χ0v) is 18.8. The van der Waals surface area contributed by atoms with Crippen LogP contribution in [0.4, 0.5) is 0 Å². The van der Waals surface area contributed by atoms with Crippen LogP contribution in [-0.2, 0) is 4.79 Å². The number of carbonyl (C=O) groups excluding carboxylic acids is 2. The van der Waals surface area contributed by atoms with Crippen molar-refractivity contribution in [2.45, 2.75) is 32.6 Å². The SMILES string of the molecule is CCOc1ccc(C=C(NC(=O)c2cccc(Br)c2)C(=O)N2CCCCCC2)cc1. The van der Waals surface area contributed by atoms with Gasteiger partial charge in [0.25, 0.3) is 11.8 Å². The van der Waals surface area contributed by atoms with Crippen LogP contribution in [0.15, 0.2) is 58.7 Å². The molecular formula is C24H27BrN2O3. The number of nitrogens with zero attached hydrogens (tertiary/aromatic N) is 1. The molecule has 1 N–H and O–H groups in total. The molecular weight excluding hydrogens is 444 g/mol. The molecule has 0 saturated carbocycles. The molecule has 1 heterocycles. The third kappa shape index (κ3) is 6.20. The predicted octanol–water partition coefficient (Wildman–Crippen LogP) is 5.02. The molecule has 6 heteroatoms. The van der Waals surface area contributed by atoms with Crippen molar-refractivity contribution in [3.8, 4) is 5.75 Å². The van der Waals surface area contributed by atoms with Crippen LogP contribution in [0, 0.1) is 0 Å². The highest BCUT2D eigenvalue weighted by molar-refractivity contribution is 9.10. The highest BCUT2D eigenvalue weighted by Crippen LogP contribution is 2.18. The zero-order chi connectivity index (χ0) is 21.3. The summed E-state index contributed by atoms with van der Waals surface area (Å²) in [6.07, 6.45) is 5.97. The standard InChI is InChI=1S/C24H27BrN2O3/c1-2-30-21-12-10-18(11-13-21)16-22(24(29)27-14-5-3-4-6-15-27)26-23(28)19-8-7-9-20(25)17-19/h7-13,16-17H,2-6,14-15H2,1H3,(H,26,28). The molecule has 0 radical (unpaired) electrons. The monoisotopic (exact) mass is 470 g/mol. The first-order valence-corrected chi connectivity index (χ1v) is 11.2. The van der Waals surface area contributed by atoms with Crippen molar-refractivity contribution in [1.29, 1.82) is 0 Å². The molecule has 158 valence electrons. The third-order valence-corrected chi connectivity index (χ3v) is 5.45. The summed E-state index contributed by atoms with van der Waals surface area (Å²) in [5, 5.41) is 2.85. The molecule has 0 bridgehead atoms. The lowest BCUT2D eigenvalue weighted by molar-refractivity contribution is -0.127. The first-order valence-electron chi connectivity index (χ1n) is 10.4. The fraction of sp³-hybridized carbons (Fsp3) is 0.333. The molecule has 3 rings (SSSR count). The van der Waals surface area contributed by atoms with E-state index < -0.39 is 0 Å². The summed E-state index contributed by atoms with van der Waals surface area (Å²) in [5.41, 5.74) is 1.60. The quantitative estimate of drug-likeness (QED) is 0.602. The van der Waals surface area contributed by atoms with E-state index in [9.17, 15) is 9.59 Å². The summed E-state index contributed by atoms with van der Waals surface area (Å²) in [7, 11) is 0. The number of hydrogen-bond donors (Lipinski definition) is 1. The minimum atomic E-state index is -0.309. The fourth-order valence-electron chi connectivity index (χ4n) is 3.41. The summed E-state index contributed by atoms with van der Waals surface area (Å²) < 4.78 is 6.30. The maximum atomic E-state index is 13.3. The first kappa shape index (κ1) is 22.1. The molecule has 0 spiro atoms. The molecule has 1 fully saturated rings. The van der Waals surface area contributed by atoms with Crippen LogP contribution < -0.4 is 10.1 Å². The van der Waals surface area contributed by atoms with Gasteiger partial charge in [0.1, 0.15) is 11.4 Å². The fourth-order valence-corrected chi connectivity index (χ4v) is 3.81. The molecule has 30 heavy (non-hydrogen) atoms. The van der Waals surface area contributed by atoms with E-state index in [0.717, 1.165) is 41.5 Å². The van der Waals surface area contributed by atoms with Gasteiger partial charge in [-0.15, -0.1) is 0 Å². The summed E-state index contributed by atoms with van der Waals surface area (Å²) in [6.45, 7) is 3.96. The van der Waals surface area contributed by atoms with Crippen molar-refractivity contribution in [2.75, 3.05) is 19.7 Å². The maximum Gasteiger partial charge on any atom is 0.270 e. The minimum absolute atomic E-state index is 0.144.